The SMILES string of the molecule is CC(=O)OC(C)CCCCBr. The van der Waals surface area contributed by atoms with Gasteiger partial charge in [0.05, 0.1) is 6.10 Å². The normalized spacial score (nSPS) is 12.6. The lowest BCUT2D eigenvalue weighted by Gasteiger charge is -2.10. The maximum atomic E-state index is 10.5. The zero-order valence-electron chi connectivity index (χ0n) is 7.10. The van der Waals surface area contributed by atoms with E-state index in [-0.39, 0.29) is 12.1 Å². The van der Waals surface area contributed by atoms with Crippen molar-refractivity contribution < 1.29 is 9.53 Å². The van der Waals surface area contributed by atoms with E-state index < -0.39 is 0 Å². The number of carbonyl (C=O) groups excluding carboxylic acids is 1. The van der Waals surface area contributed by atoms with Crippen LogP contribution in [0.25, 0.3) is 0 Å². The van der Waals surface area contributed by atoms with Crippen molar-refractivity contribution in [3.05, 3.63) is 0 Å². The third kappa shape index (κ3) is 7.85. The highest BCUT2D eigenvalue weighted by molar-refractivity contribution is 9.09. The molecule has 0 saturated heterocycles. The van der Waals surface area contributed by atoms with Gasteiger partial charge in [-0.05, 0) is 26.2 Å². The average Bonchev–Trinajstić information content (AvgIpc) is 1.86. The minimum absolute atomic E-state index is 0.0755. The molecule has 11 heavy (non-hydrogen) atoms. The van der Waals surface area contributed by atoms with E-state index in [2.05, 4.69) is 15.9 Å². The van der Waals surface area contributed by atoms with Crippen LogP contribution in [0, 0.1) is 0 Å². The fourth-order valence-corrected chi connectivity index (χ4v) is 1.27. The van der Waals surface area contributed by atoms with E-state index in [0.29, 0.717) is 0 Å². The lowest BCUT2D eigenvalue weighted by atomic mass is 10.2. The van der Waals surface area contributed by atoms with Crippen LogP contribution in [-0.4, -0.2) is 17.4 Å². The van der Waals surface area contributed by atoms with E-state index in [0.717, 1.165) is 24.6 Å². The molecule has 0 spiro atoms. The van der Waals surface area contributed by atoms with Crippen LogP contribution in [-0.2, 0) is 9.53 Å². The predicted molar refractivity (Wildman–Crippen MR) is 48.9 cm³/mol. The Morgan fingerprint density at radius 1 is 1.55 bits per heavy atom. The molecule has 0 aliphatic rings. The van der Waals surface area contributed by atoms with E-state index in [1.807, 2.05) is 6.92 Å². The molecular formula is C8H15BrO2. The Labute approximate surface area is 76.4 Å². The van der Waals surface area contributed by atoms with Gasteiger partial charge in [0.1, 0.15) is 0 Å². The Balaban J connectivity index is 3.22. The van der Waals surface area contributed by atoms with Gasteiger partial charge in [-0.15, -0.1) is 0 Å². The first kappa shape index (κ1) is 11.0. The monoisotopic (exact) mass is 222 g/mol. The molecule has 0 heterocycles. The summed E-state index contributed by atoms with van der Waals surface area (Å²) in [7, 11) is 0. The molecule has 0 rings (SSSR count). The summed E-state index contributed by atoms with van der Waals surface area (Å²) < 4.78 is 4.94. The molecule has 0 bridgehead atoms. The molecule has 66 valence electrons. The number of rotatable bonds is 5. The Hall–Kier alpha value is -0.0500. The van der Waals surface area contributed by atoms with Crippen LogP contribution >= 0.6 is 15.9 Å². The van der Waals surface area contributed by atoms with E-state index >= 15 is 0 Å². The van der Waals surface area contributed by atoms with Gasteiger partial charge in [-0.3, -0.25) is 4.79 Å². The second-order valence-corrected chi connectivity index (χ2v) is 3.40. The first-order valence-electron chi connectivity index (χ1n) is 3.90. The van der Waals surface area contributed by atoms with Gasteiger partial charge in [0.15, 0.2) is 0 Å². The van der Waals surface area contributed by atoms with E-state index in [1.165, 1.54) is 6.92 Å². The number of halogens is 1. The fourth-order valence-electron chi connectivity index (χ4n) is 0.869. The van der Waals surface area contributed by atoms with E-state index in [4.69, 9.17) is 4.74 Å². The molecule has 2 nitrogen and oxygen atoms in total. The molecule has 3 heteroatoms. The molecule has 0 aromatic heterocycles. The van der Waals surface area contributed by atoms with Gasteiger partial charge in [-0.25, -0.2) is 0 Å². The molecule has 1 atom stereocenters. The Morgan fingerprint density at radius 3 is 2.64 bits per heavy atom. The van der Waals surface area contributed by atoms with Crippen LogP contribution in [0.5, 0.6) is 0 Å². The molecule has 0 N–H and O–H groups in total. The highest BCUT2D eigenvalue weighted by Gasteiger charge is 2.03. The number of ether oxygens (including phenoxy) is 1. The minimum atomic E-state index is -0.184. The molecule has 0 saturated carbocycles. The summed E-state index contributed by atoms with van der Waals surface area (Å²) in [5.74, 6) is -0.184. The summed E-state index contributed by atoms with van der Waals surface area (Å²) in [5, 5.41) is 1.03. The topological polar surface area (TPSA) is 26.3 Å². The van der Waals surface area contributed by atoms with Gasteiger partial charge < -0.3 is 4.74 Å². The van der Waals surface area contributed by atoms with Crippen molar-refractivity contribution in [2.24, 2.45) is 0 Å². The molecule has 1 unspecified atom stereocenters. The summed E-state index contributed by atoms with van der Waals surface area (Å²) in [6, 6.07) is 0. The van der Waals surface area contributed by atoms with Crippen molar-refractivity contribution in [1.82, 2.24) is 0 Å². The average molecular weight is 223 g/mol. The second-order valence-electron chi connectivity index (χ2n) is 2.60. The zero-order valence-corrected chi connectivity index (χ0v) is 8.69. The number of esters is 1. The molecule has 0 aliphatic carbocycles. The van der Waals surface area contributed by atoms with Crippen LogP contribution in [0.1, 0.15) is 33.1 Å². The van der Waals surface area contributed by atoms with Crippen molar-refractivity contribution in [3.63, 3.8) is 0 Å². The van der Waals surface area contributed by atoms with Gasteiger partial charge >= 0.3 is 5.97 Å². The molecule has 0 aliphatic heterocycles. The standard InChI is InChI=1S/C8H15BrO2/c1-7(11-8(2)10)5-3-4-6-9/h7H,3-6H2,1-2H3. The van der Waals surface area contributed by atoms with Crippen molar-refractivity contribution in [2.45, 2.75) is 39.2 Å². The van der Waals surface area contributed by atoms with Crippen molar-refractivity contribution in [1.29, 1.82) is 0 Å². The largest absolute Gasteiger partial charge is 0.463 e. The summed E-state index contributed by atoms with van der Waals surface area (Å²) in [4.78, 5) is 10.5. The zero-order chi connectivity index (χ0) is 8.69. The number of hydrogen-bond donors (Lipinski definition) is 0. The second kappa shape index (κ2) is 6.65. The smallest absolute Gasteiger partial charge is 0.302 e. The Bertz CT molecular complexity index is 115. The van der Waals surface area contributed by atoms with Crippen LogP contribution in [0.2, 0.25) is 0 Å². The first-order chi connectivity index (χ1) is 5.16. The van der Waals surface area contributed by atoms with Crippen molar-refractivity contribution in [2.75, 3.05) is 5.33 Å². The summed E-state index contributed by atoms with van der Waals surface area (Å²) in [5.41, 5.74) is 0. The lowest BCUT2D eigenvalue weighted by Crippen LogP contribution is -2.11. The molecular weight excluding hydrogens is 208 g/mol. The predicted octanol–water partition coefficient (Wildman–Crippen LogP) is 2.50. The Morgan fingerprint density at radius 2 is 2.18 bits per heavy atom. The van der Waals surface area contributed by atoms with Crippen LogP contribution in [0.15, 0.2) is 0 Å². The molecule has 0 radical (unpaired) electrons. The molecule has 0 fully saturated rings. The van der Waals surface area contributed by atoms with Crippen LogP contribution < -0.4 is 0 Å². The highest BCUT2D eigenvalue weighted by Crippen LogP contribution is 2.05. The summed E-state index contributed by atoms with van der Waals surface area (Å²) >= 11 is 3.34. The van der Waals surface area contributed by atoms with Crippen molar-refractivity contribution in [3.8, 4) is 0 Å². The molecule has 0 aromatic carbocycles. The van der Waals surface area contributed by atoms with Gasteiger partial charge in [-0.1, -0.05) is 15.9 Å². The number of unbranched alkanes of at least 4 members (excludes halogenated alkanes) is 1. The maximum absolute atomic E-state index is 10.5. The van der Waals surface area contributed by atoms with E-state index in [1.54, 1.807) is 0 Å². The number of carbonyl (C=O) groups is 1. The number of alkyl halides is 1. The number of hydrogen-bond acceptors (Lipinski definition) is 2. The molecule has 0 aromatic rings. The van der Waals surface area contributed by atoms with Gasteiger partial charge in [0, 0.05) is 12.3 Å². The molecule has 0 amide bonds. The summed E-state index contributed by atoms with van der Waals surface area (Å²) in [6.07, 6.45) is 3.29. The van der Waals surface area contributed by atoms with E-state index in [9.17, 15) is 4.79 Å². The highest BCUT2D eigenvalue weighted by atomic mass is 79.9. The van der Waals surface area contributed by atoms with Crippen LogP contribution in [0.3, 0.4) is 0 Å². The van der Waals surface area contributed by atoms with Gasteiger partial charge in [-0.2, -0.15) is 0 Å². The Kier molecular flexibility index (Phi) is 6.62. The van der Waals surface area contributed by atoms with Crippen molar-refractivity contribution >= 4 is 21.9 Å². The quantitative estimate of drug-likeness (QED) is 0.406. The third-order valence-electron chi connectivity index (χ3n) is 1.36. The van der Waals surface area contributed by atoms with Gasteiger partial charge in [0.25, 0.3) is 0 Å². The fraction of sp³-hybridized carbons (Fsp3) is 0.875. The lowest BCUT2D eigenvalue weighted by molar-refractivity contribution is -0.145. The van der Waals surface area contributed by atoms with Gasteiger partial charge in [0.2, 0.25) is 0 Å². The van der Waals surface area contributed by atoms with Crippen LogP contribution in [0.4, 0.5) is 0 Å². The minimum Gasteiger partial charge on any atom is -0.463 e. The first-order valence-corrected chi connectivity index (χ1v) is 5.02. The maximum Gasteiger partial charge on any atom is 0.302 e. The summed E-state index contributed by atoms with van der Waals surface area (Å²) in [6.45, 7) is 3.37. The third-order valence-corrected chi connectivity index (χ3v) is 1.92.